The van der Waals surface area contributed by atoms with Crippen LogP contribution in [0.1, 0.15) is 0 Å². The maximum Gasteiger partial charge on any atom is 0.336 e. The van der Waals surface area contributed by atoms with Gasteiger partial charge in [-0.25, -0.2) is 0 Å². The molecule has 0 aromatic heterocycles. The lowest BCUT2D eigenvalue weighted by Crippen LogP contribution is -2.10. The van der Waals surface area contributed by atoms with Gasteiger partial charge in [-0.15, -0.1) is 0 Å². The average molecular weight is 150 g/mol. The minimum atomic E-state index is 0.948. The van der Waals surface area contributed by atoms with Crippen LogP contribution in [-0.4, -0.2) is 17.0 Å². The van der Waals surface area contributed by atoms with Crippen LogP contribution in [0.15, 0.2) is 29.0 Å². The van der Waals surface area contributed by atoms with Gasteiger partial charge >= 0.3 is 5.04 Å². The first kappa shape index (κ1) is 5.92. The molecule has 0 bridgehead atoms. The molecule has 3 heteroatoms. The smallest absolute Gasteiger partial charge is 0.252 e. The standard InChI is InChI=1S/C7H6N2S/c1-2-6-7(9-3-1)10-5-4-8-6/h1-4H,5H2/q+1. The Bertz CT molecular complexity index is 261. The third-order valence-corrected chi connectivity index (χ3v) is 2.18. The molecule has 0 aliphatic carbocycles. The van der Waals surface area contributed by atoms with Crippen LogP contribution in [0.25, 0.3) is 0 Å². The first-order chi connectivity index (χ1) is 4.97. The van der Waals surface area contributed by atoms with Crippen molar-refractivity contribution in [1.29, 1.82) is 0 Å². The van der Waals surface area contributed by atoms with Crippen LogP contribution < -0.4 is 4.99 Å². The molecule has 2 heterocycles. The Morgan fingerprint density at radius 2 is 2.60 bits per heavy atom. The van der Waals surface area contributed by atoms with Crippen molar-refractivity contribution in [3.8, 4) is 0 Å². The molecule has 10 heavy (non-hydrogen) atoms. The summed E-state index contributed by atoms with van der Waals surface area (Å²) in [6, 6.07) is 0. The number of allylic oxidation sites excluding steroid dienone is 2. The van der Waals surface area contributed by atoms with Gasteiger partial charge in [-0.3, -0.25) is 4.99 Å². The average Bonchev–Trinajstić information content (AvgIpc) is 2.05. The van der Waals surface area contributed by atoms with Gasteiger partial charge in [0.15, 0.2) is 0 Å². The van der Waals surface area contributed by atoms with Crippen LogP contribution in [0, 0.1) is 0 Å². The number of fused-ring (bicyclic) bond motifs is 1. The molecule has 2 rings (SSSR count). The van der Waals surface area contributed by atoms with Crippen molar-refractivity contribution in [2.24, 2.45) is 4.99 Å². The molecule has 0 unspecified atom stereocenters. The summed E-state index contributed by atoms with van der Waals surface area (Å²) in [4.78, 5) is 8.35. The highest BCUT2D eigenvalue weighted by molar-refractivity contribution is 8.15. The predicted molar refractivity (Wildman–Crippen MR) is 45.3 cm³/mol. The van der Waals surface area contributed by atoms with E-state index in [1.54, 1.807) is 18.0 Å². The predicted octanol–water partition coefficient (Wildman–Crippen LogP) is 0.950. The molecule has 0 atom stereocenters. The molecule has 2 aliphatic heterocycles. The summed E-state index contributed by atoms with van der Waals surface area (Å²) in [5.41, 5.74) is 0.999. The van der Waals surface area contributed by atoms with E-state index in [9.17, 15) is 0 Å². The van der Waals surface area contributed by atoms with Gasteiger partial charge in [0.1, 0.15) is 5.70 Å². The van der Waals surface area contributed by atoms with E-state index in [2.05, 4.69) is 9.98 Å². The Morgan fingerprint density at radius 3 is 3.50 bits per heavy atom. The monoisotopic (exact) mass is 150 g/mol. The van der Waals surface area contributed by atoms with Crippen molar-refractivity contribution in [1.82, 2.24) is 4.99 Å². The molecule has 0 fully saturated rings. The normalized spacial score (nSPS) is 21.6. The van der Waals surface area contributed by atoms with Crippen molar-refractivity contribution in [2.75, 3.05) is 5.75 Å². The highest BCUT2D eigenvalue weighted by Gasteiger charge is 2.20. The van der Waals surface area contributed by atoms with Crippen LogP contribution >= 0.6 is 11.8 Å². The number of hydrogen-bond acceptors (Lipinski definition) is 3. The topological polar surface area (TPSA) is 26.5 Å². The van der Waals surface area contributed by atoms with Crippen molar-refractivity contribution in [3.05, 3.63) is 24.0 Å². The van der Waals surface area contributed by atoms with Gasteiger partial charge in [0.25, 0.3) is 0 Å². The Kier molecular flexibility index (Phi) is 1.43. The zero-order valence-electron chi connectivity index (χ0n) is 5.32. The fourth-order valence-electron chi connectivity index (χ4n) is 0.844. The van der Waals surface area contributed by atoms with Gasteiger partial charge in [-0.05, 0) is 17.8 Å². The number of rotatable bonds is 0. The van der Waals surface area contributed by atoms with Crippen LogP contribution in [-0.2, 0) is 0 Å². The van der Waals surface area contributed by atoms with Gasteiger partial charge in [0.05, 0.1) is 4.99 Å². The van der Waals surface area contributed by atoms with E-state index in [1.165, 1.54) is 0 Å². The second-order valence-electron chi connectivity index (χ2n) is 1.95. The first-order valence-corrected chi connectivity index (χ1v) is 4.06. The zero-order chi connectivity index (χ0) is 6.81. The van der Waals surface area contributed by atoms with Crippen LogP contribution in [0.5, 0.6) is 0 Å². The summed E-state index contributed by atoms with van der Waals surface area (Å²) in [7, 11) is 0. The third-order valence-electron chi connectivity index (χ3n) is 1.28. The van der Waals surface area contributed by atoms with E-state index >= 15 is 0 Å². The lowest BCUT2D eigenvalue weighted by atomic mass is 10.3. The second kappa shape index (κ2) is 2.42. The molecular formula is C7H6N2S+. The van der Waals surface area contributed by atoms with E-state index in [0.29, 0.717) is 0 Å². The van der Waals surface area contributed by atoms with Gasteiger partial charge in [-0.1, -0.05) is 0 Å². The summed E-state index contributed by atoms with van der Waals surface area (Å²) >= 11 is 1.73. The lowest BCUT2D eigenvalue weighted by Gasteiger charge is -2.01. The highest BCUT2D eigenvalue weighted by atomic mass is 32.2. The number of nitrogens with zero attached hydrogens (tertiary/aromatic N) is 2. The quantitative estimate of drug-likeness (QED) is 0.505. The van der Waals surface area contributed by atoms with Gasteiger partial charge in [0, 0.05) is 18.0 Å². The summed E-state index contributed by atoms with van der Waals surface area (Å²) in [5, 5.41) is 1.05. The van der Waals surface area contributed by atoms with Crippen LogP contribution in [0.2, 0.25) is 0 Å². The molecule has 2 aliphatic rings. The molecule has 1 radical (unpaired) electrons. The number of hydrogen-bond donors (Lipinski definition) is 0. The van der Waals surface area contributed by atoms with E-state index < -0.39 is 0 Å². The SMILES string of the molecule is C1=C[N+]=C2SCC=NC2=C1. The van der Waals surface area contributed by atoms with Crippen molar-refractivity contribution in [3.63, 3.8) is 0 Å². The molecule has 2 nitrogen and oxygen atoms in total. The van der Waals surface area contributed by atoms with E-state index in [1.807, 2.05) is 18.4 Å². The molecule has 0 N–H and O–H groups in total. The Morgan fingerprint density at radius 1 is 1.60 bits per heavy atom. The van der Waals surface area contributed by atoms with Crippen molar-refractivity contribution < 1.29 is 0 Å². The van der Waals surface area contributed by atoms with Gasteiger partial charge in [0.2, 0.25) is 6.20 Å². The fourth-order valence-corrected chi connectivity index (χ4v) is 1.55. The summed E-state index contributed by atoms with van der Waals surface area (Å²) in [5.74, 6) is 0.948. The van der Waals surface area contributed by atoms with E-state index in [4.69, 9.17) is 0 Å². The highest BCUT2D eigenvalue weighted by Crippen LogP contribution is 2.17. The Labute approximate surface area is 63.5 Å². The van der Waals surface area contributed by atoms with E-state index in [0.717, 1.165) is 16.5 Å². The minimum Gasteiger partial charge on any atom is -0.252 e. The van der Waals surface area contributed by atoms with Crippen molar-refractivity contribution in [2.45, 2.75) is 0 Å². The largest absolute Gasteiger partial charge is 0.336 e. The molecule has 0 saturated carbocycles. The number of aliphatic imine (C=N–C) groups is 2. The first-order valence-electron chi connectivity index (χ1n) is 3.07. The molecule has 49 valence electrons. The molecule has 0 aromatic carbocycles. The summed E-state index contributed by atoms with van der Waals surface area (Å²) in [6.07, 6.45) is 7.59. The fraction of sp³-hybridized carbons (Fsp3) is 0.143. The summed E-state index contributed by atoms with van der Waals surface area (Å²) in [6.45, 7) is 0. The maximum absolute atomic E-state index is 4.18. The van der Waals surface area contributed by atoms with Gasteiger partial charge in [-0.2, -0.15) is 0 Å². The summed E-state index contributed by atoms with van der Waals surface area (Å²) < 4.78 is 0. The lowest BCUT2D eigenvalue weighted by molar-refractivity contribution is 1.32. The van der Waals surface area contributed by atoms with Crippen LogP contribution in [0.4, 0.5) is 0 Å². The molecule has 0 amide bonds. The maximum atomic E-state index is 4.18. The third kappa shape index (κ3) is 0.926. The Balaban J connectivity index is 2.43. The molecule has 0 saturated heterocycles. The van der Waals surface area contributed by atoms with Crippen molar-refractivity contribution >= 4 is 23.0 Å². The molecular weight excluding hydrogens is 144 g/mol. The second-order valence-corrected chi connectivity index (χ2v) is 2.96. The minimum absolute atomic E-state index is 0.948. The van der Waals surface area contributed by atoms with Gasteiger partial charge < -0.3 is 0 Å². The Hall–Kier alpha value is -0.830. The number of thioether (sulfide) groups is 1. The molecule has 0 spiro atoms. The molecule has 0 aromatic rings. The van der Waals surface area contributed by atoms with E-state index in [-0.39, 0.29) is 0 Å². The van der Waals surface area contributed by atoms with Crippen LogP contribution in [0.3, 0.4) is 0 Å². The zero-order valence-corrected chi connectivity index (χ0v) is 6.14.